The van der Waals surface area contributed by atoms with Crippen LogP contribution in [0.2, 0.25) is 5.02 Å². The fourth-order valence-corrected chi connectivity index (χ4v) is 2.19. The predicted octanol–water partition coefficient (Wildman–Crippen LogP) is 4.04. The average molecular weight is 259 g/mol. The van der Waals surface area contributed by atoms with E-state index < -0.39 is 5.41 Å². The van der Waals surface area contributed by atoms with Crippen molar-refractivity contribution in [2.75, 3.05) is 0 Å². The minimum atomic E-state index is -0.508. The predicted molar refractivity (Wildman–Crippen MR) is 75.0 cm³/mol. The molecule has 1 atom stereocenters. The topological polar surface area (TPSA) is 17.1 Å². The Balaban J connectivity index is 2.30. The third-order valence-electron chi connectivity index (χ3n) is 3.18. The molecule has 2 rings (SSSR count). The highest BCUT2D eigenvalue weighted by molar-refractivity contribution is 6.30. The maximum Gasteiger partial charge on any atom is 0.130 e. The van der Waals surface area contributed by atoms with Crippen molar-refractivity contribution in [1.82, 2.24) is 0 Å². The van der Waals surface area contributed by atoms with Gasteiger partial charge in [-0.1, -0.05) is 54.1 Å². The number of halogens is 1. The Kier molecular flexibility index (Phi) is 3.83. The number of benzene rings is 2. The molecule has 92 valence electrons. The van der Waals surface area contributed by atoms with E-state index in [1.165, 1.54) is 0 Å². The molecule has 0 bridgehead atoms. The second-order valence-corrected chi connectivity index (χ2v) is 5.14. The van der Waals surface area contributed by atoms with Crippen LogP contribution in [0, 0.1) is 0 Å². The van der Waals surface area contributed by atoms with Crippen molar-refractivity contribution >= 4 is 17.9 Å². The molecule has 0 amide bonds. The maximum absolute atomic E-state index is 11.5. The van der Waals surface area contributed by atoms with Gasteiger partial charge in [-0.05, 0) is 36.6 Å². The molecule has 1 nitrogen and oxygen atoms in total. The van der Waals surface area contributed by atoms with Crippen LogP contribution in [0.1, 0.15) is 18.1 Å². The Labute approximate surface area is 112 Å². The summed E-state index contributed by atoms with van der Waals surface area (Å²) in [4.78, 5) is 11.5. The van der Waals surface area contributed by atoms with Crippen LogP contribution >= 0.6 is 11.6 Å². The highest BCUT2D eigenvalue weighted by Gasteiger charge is 2.26. The standard InChI is InChI=1S/C16H15ClO/c1-16(12-18,11-13-5-3-2-4-6-13)14-7-9-15(17)10-8-14/h2-10,12H,11H2,1H3/t16-/m0/s1. The number of aldehydes is 1. The molecule has 2 heteroatoms. The molecule has 0 aliphatic rings. The highest BCUT2D eigenvalue weighted by Crippen LogP contribution is 2.27. The first kappa shape index (κ1) is 12.8. The molecule has 18 heavy (non-hydrogen) atoms. The quantitative estimate of drug-likeness (QED) is 0.757. The van der Waals surface area contributed by atoms with Gasteiger partial charge in [0.25, 0.3) is 0 Å². The van der Waals surface area contributed by atoms with Crippen molar-refractivity contribution in [2.24, 2.45) is 0 Å². The molecule has 0 saturated carbocycles. The van der Waals surface area contributed by atoms with Crippen molar-refractivity contribution in [3.8, 4) is 0 Å². The molecule has 0 aliphatic heterocycles. The molecule has 2 aromatic carbocycles. The van der Waals surface area contributed by atoms with E-state index in [1.54, 1.807) is 0 Å². The molecular weight excluding hydrogens is 244 g/mol. The number of carbonyl (C=O) groups excluding carboxylic acids is 1. The second-order valence-electron chi connectivity index (χ2n) is 4.70. The molecule has 2 aromatic rings. The monoisotopic (exact) mass is 258 g/mol. The lowest BCUT2D eigenvalue weighted by Gasteiger charge is -2.23. The molecular formula is C16H15ClO. The zero-order valence-corrected chi connectivity index (χ0v) is 11.0. The van der Waals surface area contributed by atoms with Gasteiger partial charge in [-0.2, -0.15) is 0 Å². The fraction of sp³-hybridized carbons (Fsp3) is 0.188. The van der Waals surface area contributed by atoms with E-state index in [-0.39, 0.29) is 0 Å². The van der Waals surface area contributed by atoms with Crippen molar-refractivity contribution in [1.29, 1.82) is 0 Å². The smallest absolute Gasteiger partial charge is 0.130 e. The van der Waals surface area contributed by atoms with E-state index in [1.807, 2.05) is 61.5 Å². The summed E-state index contributed by atoms with van der Waals surface area (Å²) in [5.41, 5.74) is 1.64. The van der Waals surface area contributed by atoms with E-state index in [2.05, 4.69) is 0 Å². The summed E-state index contributed by atoms with van der Waals surface area (Å²) < 4.78 is 0. The molecule has 0 aliphatic carbocycles. The molecule has 0 fully saturated rings. The molecule has 0 unspecified atom stereocenters. The lowest BCUT2D eigenvalue weighted by molar-refractivity contribution is -0.112. The van der Waals surface area contributed by atoms with Gasteiger partial charge in [-0.15, -0.1) is 0 Å². The summed E-state index contributed by atoms with van der Waals surface area (Å²) in [6, 6.07) is 17.5. The fourth-order valence-electron chi connectivity index (χ4n) is 2.06. The second kappa shape index (κ2) is 5.36. The van der Waals surface area contributed by atoms with Gasteiger partial charge in [0.2, 0.25) is 0 Å². The van der Waals surface area contributed by atoms with Gasteiger partial charge < -0.3 is 4.79 Å². The van der Waals surface area contributed by atoms with E-state index in [4.69, 9.17) is 11.6 Å². The summed E-state index contributed by atoms with van der Waals surface area (Å²) in [5, 5.41) is 0.687. The lowest BCUT2D eigenvalue weighted by Crippen LogP contribution is -2.26. The molecule has 0 saturated heterocycles. The minimum Gasteiger partial charge on any atom is -0.302 e. The van der Waals surface area contributed by atoms with E-state index >= 15 is 0 Å². The van der Waals surface area contributed by atoms with Gasteiger partial charge in [-0.3, -0.25) is 0 Å². The van der Waals surface area contributed by atoms with Crippen molar-refractivity contribution in [3.63, 3.8) is 0 Å². The Bertz CT molecular complexity index is 519. The van der Waals surface area contributed by atoms with E-state index in [0.717, 1.165) is 17.4 Å². The minimum absolute atomic E-state index is 0.508. The van der Waals surface area contributed by atoms with Crippen LogP contribution < -0.4 is 0 Å². The summed E-state index contributed by atoms with van der Waals surface area (Å²) >= 11 is 5.88. The first-order valence-corrected chi connectivity index (χ1v) is 6.28. The summed E-state index contributed by atoms with van der Waals surface area (Å²) in [5.74, 6) is 0. The Morgan fingerprint density at radius 2 is 1.67 bits per heavy atom. The Morgan fingerprint density at radius 1 is 1.06 bits per heavy atom. The SMILES string of the molecule is C[C@@](C=O)(Cc1ccccc1)c1ccc(Cl)cc1. The van der Waals surface area contributed by atoms with Gasteiger partial charge in [0.05, 0.1) is 5.41 Å². The Hall–Kier alpha value is -1.60. The van der Waals surface area contributed by atoms with Crippen LogP contribution in [0.3, 0.4) is 0 Å². The number of carbonyl (C=O) groups is 1. The van der Waals surface area contributed by atoms with Gasteiger partial charge in [0.15, 0.2) is 0 Å². The third kappa shape index (κ3) is 2.80. The van der Waals surface area contributed by atoms with Crippen LogP contribution in [0.15, 0.2) is 54.6 Å². The van der Waals surface area contributed by atoms with Crippen LogP contribution in [0.4, 0.5) is 0 Å². The molecule has 0 spiro atoms. The number of rotatable bonds is 4. The van der Waals surface area contributed by atoms with Crippen LogP contribution in [-0.2, 0) is 16.6 Å². The normalized spacial score (nSPS) is 13.9. The summed E-state index contributed by atoms with van der Waals surface area (Å²) in [6.45, 7) is 1.95. The van der Waals surface area contributed by atoms with Crippen LogP contribution in [-0.4, -0.2) is 6.29 Å². The van der Waals surface area contributed by atoms with Gasteiger partial charge in [-0.25, -0.2) is 0 Å². The third-order valence-corrected chi connectivity index (χ3v) is 3.43. The zero-order chi connectivity index (χ0) is 13.0. The molecule has 0 heterocycles. The van der Waals surface area contributed by atoms with E-state index in [9.17, 15) is 4.79 Å². The van der Waals surface area contributed by atoms with Gasteiger partial charge in [0.1, 0.15) is 6.29 Å². The zero-order valence-electron chi connectivity index (χ0n) is 10.3. The summed E-state index contributed by atoms with van der Waals surface area (Å²) in [7, 11) is 0. The highest BCUT2D eigenvalue weighted by atomic mass is 35.5. The first-order chi connectivity index (χ1) is 8.64. The van der Waals surface area contributed by atoms with Crippen molar-refractivity contribution in [2.45, 2.75) is 18.8 Å². The molecule has 0 aromatic heterocycles. The molecule has 0 radical (unpaired) electrons. The van der Waals surface area contributed by atoms with Crippen molar-refractivity contribution < 1.29 is 4.79 Å². The Morgan fingerprint density at radius 3 is 2.22 bits per heavy atom. The lowest BCUT2D eigenvalue weighted by atomic mass is 9.79. The number of hydrogen-bond donors (Lipinski definition) is 0. The molecule has 0 N–H and O–H groups in total. The van der Waals surface area contributed by atoms with Crippen LogP contribution in [0.25, 0.3) is 0 Å². The van der Waals surface area contributed by atoms with Crippen LogP contribution in [0.5, 0.6) is 0 Å². The van der Waals surface area contributed by atoms with Gasteiger partial charge >= 0.3 is 0 Å². The summed E-state index contributed by atoms with van der Waals surface area (Å²) in [6.07, 6.45) is 1.71. The van der Waals surface area contributed by atoms with E-state index in [0.29, 0.717) is 11.4 Å². The number of hydrogen-bond acceptors (Lipinski definition) is 1. The average Bonchev–Trinajstić information content (AvgIpc) is 2.40. The maximum atomic E-state index is 11.5. The van der Waals surface area contributed by atoms with Crippen molar-refractivity contribution in [3.05, 3.63) is 70.7 Å². The largest absolute Gasteiger partial charge is 0.302 e. The first-order valence-electron chi connectivity index (χ1n) is 5.90. The van der Waals surface area contributed by atoms with Gasteiger partial charge in [0, 0.05) is 5.02 Å².